The molecule has 1 heterocycles. The number of aromatic nitrogens is 2. The van der Waals surface area contributed by atoms with Crippen LogP contribution < -0.4 is 16.6 Å². The maximum atomic E-state index is 10.3. The fourth-order valence-corrected chi connectivity index (χ4v) is 1.94. The second kappa shape index (κ2) is 8.08. The highest BCUT2D eigenvalue weighted by molar-refractivity contribution is 5.47. The lowest BCUT2D eigenvalue weighted by atomic mass is 10.1. The summed E-state index contributed by atoms with van der Waals surface area (Å²) in [5.41, 5.74) is 1.63. The average molecular weight is 298 g/mol. The van der Waals surface area contributed by atoms with Crippen molar-refractivity contribution < 1.29 is 9.84 Å². The van der Waals surface area contributed by atoms with E-state index in [2.05, 4.69) is 20.7 Å². The zero-order chi connectivity index (χ0) is 15.9. The van der Waals surface area contributed by atoms with Crippen LogP contribution in [0.2, 0.25) is 0 Å². The van der Waals surface area contributed by atoms with E-state index < -0.39 is 5.60 Å². The van der Waals surface area contributed by atoms with E-state index >= 15 is 0 Å². The van der Waals surface area contributed by atoms with E-state index in [0.717, 1.165) is 0 Å². The Morgan fingerprint density at radius 1 is 1.38 bits per heavy atom. The van der Waals surface area contributed by atoms with Crippen LogP contribution in [-0.4, -0.2) is 59.4 Å². The summed E-state index contributed by atoms with van der Waals surface area (Å²) in [6.45, 7) is 5.48. The molecule has 0 aliphatic carbocycles. The summed E-state index contributed by atoms with van der Waals surface area (Å²) in [4.78, 5) is 10.5. The Kier molecular flexibility index (Phi) is 6.76. The summed E-state index contributed by atoms with van der Waals surface area (Å²) < 4.78 is 5.29. The lowest BCUT2D eigenvalue weighted by Crippen LogP contribution is -2.43. The van der Waals surface area contributed by atoms with Crippen LogP contribution in [-0.2, 0) is 11.3 Å². The van der Waals surface area contributed by atoms with Crippen LogP contribution in [0.3, 0.4) is 0 Å². The van der Waals surface area contributed by atoms with Gasteiger partial charge < -0.3 is 25.5 Å². The molecule has 0 radical (unpaired) electrons. The summed E-state index contributed by atoms with van der Waals surface area (Å²) >= 11 is 0. The van der Waals surface area contributed by atoms with Crippen LogP contribution in [0, 0.1) is 0 Å². The summed E-state index contributed by atoms with van der Waals surface area (Å²) in [7, 11) is 3.82. The minimum Gasteiger partial charge on any atom is -0.387 e. The summed E-state index contributed by atoms with van der Waals surface area (Å²) in [5.74, 6) is 7.01. The molecule has 0 saturated heterocycles. The number of rotatable bonds is 9. The molecule has 0 saturated carbocycles. The van der Waals surface area contributed by atoms with E-state index in [-0.39, 0.29) is 0 Å². The lowest BCUT2D eigenvalue weighted by Gasteiger charge is -2.27. The third-order valence-corrected chi connectivity index (χ3v) is 2.66. The number of hydrogen-bond acceptors (Lipinski definition) is 8. The number of likely N-dealkylation sites (N-methyl/N-ethyl adjacent to an activating group) is 1. The maximum Gasteiger partial charge on any atom is 0.158 e. The zero-order valence-corrected chi connectivity index (χ0v) is 13.2. The van der Waals surface area contributed by atoms with Crippen LogP contribution in [0.5, 0.6) is 0 Å². The highest BCUT2D eigenvalue weighted by atomic mass is 16.5. The van der Waals surface area contributed by atoms with Crippen LogP contribution >= 0.6 is 0 Å². The first kappa shape index (κ1) is 17.6. The number of nitrogens with two attached hydrogens (primary N) is 1. The number of nitrogens with zero attached hydrogens (tertiary/aromatic N) is 3. The number of hydrogen-bond donors (Lipinski definition) is 4. The molecule has 1 aromatic heterocycles. The molecular formula is C13H26N6O2. The number of hydrazine groups is 1. The number of nitrogen functional groups attached to an aromatic ring is 1. The maximum absolute atomic E-state index is 10.3. The van der Waals surface area contributed by atoms with Gasteiger partial charge in [0.1, 0.15) is 18.2 Å². The molecule has 0 fully saturated rings. The molecule has 1 atom stereocenters. The van der Waals surface area contributed by atoms with Gasteiger partial charge in [0, 0.05) is 25.8 Å². The molecule has 0 spiro atoms. The van der Waals surface area contributed by atoms with Gasteiger partial charge in [-0.15, -0.1) is 0 Å². The van der Waals surface area contributed by atoms with Crippen molar-refractivity contribution in [2.24, 2.45) is 5.84 Å². The van der Waals surface area contributed by atoms with Gasteiger partial charge in [-0.1, -0.05) is 0 Å². The molecule has 21 heavy (non-hydrogen) atoms. The first-order chi connectivity index (χ1) is 9.86. The molecule has 0 bridgehead atoms. The first-order valence-electron chi connectivity index (χ1n) is 6.89. The molecule has 0 amide bonds. The van der Waals surface area contributed by atoms with Gasteiger partial charge >= 0.3 is 0 Å². The van der Waals surface area contributed by atoms with E-state index in [1.165, 1.54) is 0 Å². The van der Waals surface area contributed by atoms with Crippen molar-refractivity contribution in [2.45, 2.75) is 26.1 Å². The summed E-state index contributed by atoms with van der Waals surface area (Å²) in [6, 6.07) is 1.68. The molecule has 1 aromatic rings. The van der Waals surface area contributed by atoms with E-state index in [1.807, 2.05) is 25.9 Å². The van der Waals surface area contributed by atoms with Crippen LogP contribution in [0.15, 0.2) is 6.07 Å². The zero-order valence-electron chi connectivity index (χ0n) is 13.2. The van der Waals surface area contributed by atoms with E-state index in [0.29, 0.717) is 43.8 Å². The first-order valence-corrected chi connectivity index (χ1v) is 6.89. The molecule has 0 aromatic carbocycles. The smallest absolute Gasteiger partial charge is 0.158 e. The number of ether oxygens (including phenoxy) is 1. The Labute approximate surface area is 125 Å². The second-order valence-corrected chi connectivity index (χ2v) is 5.42. The largest absolute Gasteiger partial charge is 0.387 e. The molecule has 8 nitrogen and oxygen atoms in total. The van der Waals surface area contributed by atoms with Gasteiger partial charge in [0.05, 0.1) is 5.60 Å². The summed E-state index contributed by atoms with van der Waals surface area (Å²) in [5, 5.41) is 13.4. The minimum absolute atomic E-state index is 0.314. The quantitative estimate of drug-likeness (QED) is 0.373. The van der Waals surface area contributed by atoms with Gasteiger partial charge in [0.25, 0.3) is 0 Å². The third kappa shape index (κ3) is 6.67. The average Bonchev–Trinajstić information content (AvgIpc) is 2.41. The van der Waals surface area contributed by atoms with Crippen molar-refractivity contribution in [3.05, 3.63) is 11.9 Å². The van der Waals surface area contributed by atoms with Gasteiger partial charge in [-0.05, 0) is 27.9 Å². The molecule has 8 heteroatoms. The number of nitrogens with one attached hydrogen (secondary N) is 2. The second-order valence-electron chi connectivity index (χ2n) is 5.42. The minimum atomic E-state index is -0.870. The lowest BCUT2D eigenvalue weighted by molar-refractivity contribution is 0.0459. The van der Waals surface area contributed by atoms with Gasteiger partial charge in [-0.25, -0.2) is 15.8 Å². The number of anilines is 2. The van der Waals surface area contributed by atoms with Crippen LogP contribution in [0.1, 0.15) is 19.7 Å². The van der Waals surface area contributed by atoms with Crippen molar-refractivity contribution >= 4 is 11.6 Å². The Balaban J connectivity index is 2.73. The fourth-order valence-electron chi connectivity index (χ4n) is 1.94. The Bertz CT molecular complexity index is 439. The molecule has 0 aliphatic heterocycles. The standard InChI is InChI=1S/C13H26N6O2/c1-5-21-7-12-16-10(6-11(17-12)18-14)15-8-13(2,20)9-19(3)4/h6,20H,5,7-9,14H2,1-4H3,(H2,15,16,17,18). The monoisotopic (exact) mass is 298 g/mol. The molecule has 5 N–H and O–H groups in total. The Morgan fingerprint density at radius 2 is 2.05 bits per heavy atom. The Morgan fingerprint density at radius 3 is 2.62 bits per heavy atom. The van der Waals surface area contributed by atoms with Crippen molar-refractivity contribution in [1.29, 1.82) is 0 Å². The Hall–Kier alpha value is -1.48. The highest BCUT2D eigenvalue weighted by Gasteiger charge is 2.21. The SMILES string of the molecule is CCOCc1nc(NN)cc(NCC(C)(O)CN(C)C)n1. The molecule has 0 aliphatic rings. The number of aliphatic hydroxyl groups is 1. The molecule has 120 valence electrons. The van der Waals surface area contributed by atoms with Crippen LogP contribution in [0.25, 0.3) is 0 Å². The van der Waals surface area contributed by atoms with Crippen molar-refractivity contribution in [2.75, 3.05) is 44.5 Å². The molecule has 1 rings (SSSR count). The molecule has 1 unspecified atom stereocenters. The summed E-state index contributed by atoms with van der Waals surface area (Å²) in [6.07, 6.45) is 0. The predicted octanol–water partition coefficient (Wildman–Crippen LogP) is 0.0232. The highest BCUT2D eigenvalue weighted by Crippen LogP contribution is 2.13. The van der Waals surface area contributed by atoms with E-state index in [1.54, 1.807) is 13.0 Å². The topological polar surface area (TPSA) is 109 Å². The van der Waals surface area contributed by atoms with Gasteiger partial charge in [-0.3, -0.25) is 0 Å². The third-order valence-electron chi connectivity index (χ3n) is 2.66. The van der Waals surface area contributed by atoms with Crippen molar-refractivity contribution in [1.82, 2.24) is 14.9 Å². The fraction of sp³-hybridized carbons (Fsp3) is 0.692. The normalized spacial score (nSPS) is 14.0. The van der Waals surface area contributed by atoms with Crippen LogP contribution in [0.4, 0.5) is 11.6 Å². The van der Waals surface area contributed by atoms with E-state index in [9.17, 15) is 5.11 Å². The van der Waals surface area contributed by atoms with Gasteiger partial charge in [-0.2, -0.15) is 0 Å². The van der Waals surface area contributed by atoms with Gasteiger partial charge in [0.2, 0.25) is 0 Å². The molecular weight excluding hydrogens is 272 g/mol. The van der Waals surface area contributed by atoms with Gasteiger partial charge in [0.15, 0.2) is 5.82 Å². The van der Waals surface area contributed by atoms with Crippen molar-refractivity contribution in [3.8, 4) is 0 Å². The predicted molar refractivity (Wildman–Crippen MR) is 82.8 cm³/mol. The van der Waals surface area contributed by atoms with Crippen molar-refractivity contribution in [3.63, 3.8) is 0 Å². The van der Waals surface area contributed by atoms with E-state index in [4.69, 9.17) is 10.6 Å².